The maximum absolute atomic E-state index is 13.1. The van der Waals surface area contributed by atoms with Gasteiger partial charge in [0.25, 0.3) is 5.56 Å². The van der Waals surface area contributed by atoms with E-state index in [1.165, 1.54) is 18.9 Å². The Morgan fingerprint density at radius 3 is 2.28 bits per heavy atom. The molecule has 1 aliphatic rings. The topological polar surface area (TPSA) is 86.1 Å². The summed E-state index contributed by atoms with van der Waals surface area (Å²) in [5.41, 5.74) is 0.704. The second kappa shape index (κ2) is 9.17. The summed E-state index contributed by atoms with van der Waals surface area (Å²) in [7, 11) is 4.63. The number of benzene rings is 2. The summed E-state index contributed by atoms with van der Waals surface area (Å²) in [5, 5.41) is 5.16. The number of amides is 1. The molecule has 1 saturated heterocycles. The van der Waals surface area contributed by atoms with Crippen LogP contribution in [0.4, 0.5) is 5.69 Å². The molecule has 1 aromatic heterocycles. The first-order valence-electron chi connectivity index (χ1n) is 10.3. The molecular formula is C23H26N4O5. The number of aromatic nitrogens is 2. The first kappa shape index (κ1) is 21.5. The van der Waals surface area contributed by atoms with E-state index in [0.717, 1.165) is 11.4 Å². The Hall–Kier alpha value is -3.75. The van der Waals surface area contributed by atoms with E-state index in [2.05, 4.69) is 10.00 Å². The molecule has 0 spiro atoms. The number of hydrogen-bond acceptors (Lipinski definition) is 7. The van der Waals surface area contributed by atoms with Crippen molar-refractivity contribution in [1.82, 2.24) is 14.7 Å². The Labute approximate surface area is 185 Å². The third-order valence-corrected chi connectivity index (χ3v) is 5.72. The van der Waals surface area contributed by atoms with E-state index in [0.29, 0.717) is 48.5 Å². The summed E-state index contributed by atoms with van der Waals surface area (Å²) in [6, 6.07) is 11.3. The van der Waals surface area contributed by atoms with Gasteiger partial charge in [0.15, 0.2) is 11.5 Å². The van der Waals surface area contributed by atoms with Crippen molar-refractivity contribution in [1.29, 1.82) is 0 Å². The molecule has 0 radical (unpaired) electrons. The van der Waals surface area contributed by atoms with Crippen molar-refractivity contribution in [2.45, 2.75) is 6.54 Å². The Balaban J connectivity index is 1.47. The number of piperazine rings is 1. The molecule has 1 fully saturated rings. The minimum absolute atomic E-state index is 0.127. The number of ether oxygens (including phenoxy) is 3. The van der Waals surface area contributed by atoms with Crippen LogP contribution in [-0.2, 0) is 11.3 Å². The molecule has 3 aromatic rings. The fraction of sp³-hybridized carbons (Fsp3) is 0.348. The first-order valence-corrected chi connectivity index (χ1v) is 10.3. The van der Waals surface area contributed by atoms with Crippen molar-refractivity contribution in [3.63, 3.8) is 0 Å². The second-order valence-electron chi connectivity index (χ2n) is 7.44. The number of methoxy groups -OCH3 is 3. The lowest BCUT2D eigenvalue weighted by Gasteiger charge is -2.36. The van der Waals surface area contributed by atoms with Gasteiger partial charge in [-0.3, -0.25) is 9.59 Å². The molecule has 32 heavy (non-hydrogen) atoms. The van der Waals surface area contributed by atoms with Crippen molar-refractivity contribution >= 4 is 22.4 Å². The van der Waals surface area contributed by atoms with Crippen LogP contribution in [0.5, 0.6) is 17.2 Å². The highest BCUT2D eigenvalue weighted by molar-refractivity contribution is 5.89. The minimum Gasteiger partial charge on any atom is -0.497 e. The molecule has 0 saturated carbocycles. The van der Waals surface area contributed by atoms with Crippen LogP contribution in [0, 0.1) is 0 Å². The summed E-state index contributed by atoms with van der Waals surface area (Å²) in [6.45, 7) is 2.44. The molecule has 9 nitrogen and oxygen atoms in total. The van der Waals surface area contributed by atoms with Gasteiger partial charge in [-0.05, 0) is 36.4 Å². The van der Waals surface area contributed by atoms with Gasteiger partial charge in [-0.2, -0.15) is 5.10 Å². The summed E-state index contributed by atoms with van der Waals surface area (Å²) in [5.74, 6) is 1.46. The van der Waals surface area contributed by atoms with Crippen LogP contribution >= 0.6 is 0 Å². The quantitative estimate of drug-likeness (QED) is 0.580. The number of carbonyl (C=O) groups excluding carboxylic acids is 1. The highest BCUT2D eigenvalue weighted by Gasteiger charge is 2.23. The Morgan fingerprint density at radius 2 is 1.66 bits per heavy atom. The molecule has 2 heterocycles. The number of nitrogens with zero attached hydrogens (tertiary/aromatic N) is 4. The maximum atomic E-state index is 13.1. The van der Waals surface area contributed by atoms with Crippen molar-refractivity contribution in [2.75, 3.05) is 52.4 Å². The van der Waals surface area contributed by atoms with Gasteiger partial charge in [-0.25, -0.2) is 4.68 Å². The van der Waals surface area contributed by atoms with Crippen molar-refractivity contribution < 1.29 is 19.0 Å². The van der Waals surface area contributed by atoms with Gasteiger partial charge >= 0.3 is 0 Å². The number of hydrogen-bond donors (Lipinski definition) is 0. The molecule has 0 atom stereocenters. The smallest absolute Gasteiger partial charge is 0.279 e. The van der Waals surface area contributed by atoms with E-state index < -0.39 is 0 Å². The Bertz CT molecular complexity index is 1170. The zero-order valence-corrected chi connectivity index (χ0v) is 18.4. The molecule has 168 valence electrons. The Kier molecular flexibility index (Phi) is 6.16. The lowest BCUT2D eigenvalue weighted by atomic mass is 10.1. The average molecular weight is 438 g/mol. The summed E-state index contributed by atoms with van der Waals surface area (Å²) >= 11 is 0. The number of carbonyl (C=O) groups is 1. The lowest BCUT2D eigenvalue weighted by molar-refractivity contribution is -0.132. The zero-order valence-electron chi connectivity index (χ0n) is 18.4. The average Bonchev–Trinajstić information content (AvgIpc) is 2.85. The molecule has 0 bridgehead atoms. The Morgan fingerprint density at radius 1 is 0.938 bits per heavy atom. The largest absolute Gasteiger partial charge is 0.497 e. The number of rotatable bonds is 6. The summed E-state index contributed by atoms with van der Waals surface area (Å²) in [6.07, 6.45) is 1.56. The molecule has 9 heteroatoms. The standard InChI is InChI=1S/C23H26N4O5/c1-30-18-7-5-17(6-8-18)25-10-12-26(13-11-25)20(28)15-27-23(29)21-16(14-24-27)4-9-19(31-2)22(21)32-3/h4-9,14H,10-13,15H2,1-3H3. The van der Waals surface area contributed by atoms with E-state index in [9.17, 15) is 9.59 Å². The molecule has 1 amide bonds. The fourth-order valence-electron chi connectivity index (χ4n) is 3.93. The van der Waals surface area contributed by atoms with Crippen LogP contribution in [0.3, 0.4) is 0 Å². The monoisotopic (exact) mass is 438 g/mol. The molecule has 4 rings (SSSR count). The normalized spacial score (nSPS) is 13.8. The van der Waals surface area contributed by atoms with Gasteiger partial charge in [-0.15, -0.1) is 0 Å². The van der Waals surface area contributed by atoms with Crippen molar-refractivity contribution in [3.8, 4) is 17.2 Å². The second-order valence-corrected chi connectivity index (χ2v) is 7.44. The van der Waals surface area contributed by atoms with Crippen LogP contribution in [0.2, 0.25) is 0 Å². The van der Waals surface area contributed by atoms with Gasteiger partial charge in [0, 0.05) is 37.3 Å². The highest BCUT2D eigenvalue weighted by atomic mass is 16.5. The van der Waals surface area contributed by atoms with Crippen LogP contribution in [0.25, 0.3) is 10.8 Å². The minimum atomic E-state index is -0.386. The van der Waals surface area contributed by atoms with E-state index in [4.69, 9.17) is 14.2 Å². The van der Waals surface area contributed by atoms with E-state index in [-0.39, 0.29) is 18.0 Å². The number of anilines is 1. The number of fused-ring (bicyclic) bond motifs is 1. The zero-order chi connectivity index (χ0) is 22.7. The summed E-state index contributed by atoms with van der Waals surface area (Å²) in [4.78, 5) is 29.9. The molecule has 0 unspecified atom stereocenters. The predicted octanol–water partition coefficient (Wildman–Crippen LogP) is 1.77. The maximum Gasteiger partial charge on any atom is 0.279 e. The molecule has 0 N–H and O–H groups in total. The van der Waals surface area contributed by atoms with E-state index >= 15 is 0 Å². The van der Waals surface area contributed by atoms with Gasteiger partial charge in [-0.1, -0.05) is 0 Å². The summed E-state index contributed by atoms with van der Waals surface area (Å²) < 4.78 is 17.1. The van der Waals surface area contributed by atoms with Gasteiger partial charge < -0.3 is 24.0 Å². The van der Waals surface area contributed by atoms with Crippen LogP contribution in [0.15, 0.2) is 47.4 Å². The fourth-order valence-corrected chi connectivity index (χ4v) is 3.93. The molecule has 1 aliphatic heterocycles. The molecule has 2 aromatic carbocycles. The third kappa shape index (κ3) is 4.05. The highest BCUT2D eigenvalue weighted by Crippen LogP contribution is 2.32. The van der Waals surface area contributed by atoms with Crippen molar-refractivity contribution in [3.05, 3.63) is 52.9 Å². The third-order valence-electron chi connectivity index (χ3n) is 5.72. The molecular weight excluding hydrogens is 412 g/mol. The van der Waals surface area contributed by atoms with E-state index in [1.54, 1.807) is 30.3 Å². The molecule has 0 aliphatic carbocycles. The van der Waals surface area contributed by atoms with Gasteiger partial charge in [0.1, 0.15) is 12.3 Å². The van der Waals surface area contributed by atoms with Crippen LogP contribution in [0.1, 0.15) is 0 Å². The van der Waals surface area contributed by atoms with Crippen LogP contribution in [-0.4, -0.2) is 68.1 Å². The van der Waals surface area contributed by atoms with E-state index in [1.807, 2.05) is 24.3 Å². The van der Waals surface area contributed by atoms with Gasteiger partial charge in [0.05, 0.1) is 32.9 Å². The first-order chi connectivity index (χ1) is 15.5. The predicted molar refractivity (Wildman–Crippen MR) is 121 cm³/mol. The lowest BCUT2D eigenvalue weighted by Crippen LogP contribution is -2.50. The van der Waals surface area contributed by atoms with Gasteiger partial charge in [0.2, 0.25) is 5.91 Å². The SMILES string of the molecule is COc1ccc(N2CCN(C(=O)Cn3ncc4ccc(OC)c(OC)c4c3=O)CC2)cc1. The van der Waals surface area contributed by atoms with Crippen molar-refractivity contribution in [2.24, 2.45) is 0 Å². The van der Waals surface area contributed by atoms with Crippen LogP contribution < -0.4 is 24.7 Å².